The van der Waals surface area contributed by atoms with Crippen LogP contribution in [0.2, 0.25) is 0 Å². The van der Waals surface area contributed by atoms with E-state index in [1.807, 2.05) is 13.8 Å². The van der Waals surface area contributed by atoms with Gasteiger partial charge in [0.2, 0.25) is 11.8 Å². The van der Waals surface area contributed by atoms with Crippen molar-refractivity contribution in [3.63, 3.8) is 0 Å². The number of ether oxygens (including phenoxy) is 1. The lowest BCUT2D eigenvalue weighted by atomic mass is 9.93. The van der Waals surface area contributed by atoms with E-state index >= 15 is 0 Å². The summed E-state index contributed by atoms with van der Waals surface area (Å²) in [5.74, 6) is -0.591. The lowest BCUT2D eigenvalue weighted by Gasteiger charge is -2.37. The molecule has 2 saturated carbocycles. The maximum absolute atomic E-state index is 14.4. The van der Waals surface area contributed by atoms with Gasteiger partial charge in [0, 0.05) is 17.6 Å². The number of phenolic OH excluding ortho intramolecular Hbond substituents is 1. The molecule has 2 aliphatic rings. The molecule has 38 heavy (non-hydrogen) atoms. The highest BCUT2D eigenvalue weighted by Gasteiger charge is 2.49. The quantitative estimate of drug-likeness (QED) is 0.399. The molecule has 212 valence electrons. The average Bonchev–Trinajstić information content (AvgIpc) is 3.57. The number of phenols is 1. The number of alkyl carbamates (subject to hydrolysis) is 1. The van der Waals surface area contributed by atoms with E-state index in [0.29, 0.717) is 17.5 Å². The molecule has 1 aromatic rings. The Morgan fingerprint density at radius 2 is 1.79 bits per heavy atom. The van der Waals surface area contributed by atoms with Crippen molar-refractivity contribution in [2.24, 2.45) is 11.8 Å². The van der Waals surface area contributed by atoms with Gasteiger partial charge in [-0.2, -0.15) is 0 Å². The van der Waals surface area contributed by atoms with E-state index in [0.717, 1.165) is 38.5 Å². The first-order chi connectivity index (χ1) is 17.8. The lowest BCUT2D eigenvalue weighted by Crippen LogP contribution is -2.56. The molecular formula is C30H47N3O5. The second kappa shape index (κ2) is 12.4. The van der Waals surface area contributed by atoms with Gasteiger partial charge in [0.05, 0.1) is 0 Å². The number of carbonyl (C=O) groups is 3. The predicted molar refractivity (Wildman–Crippen MR) is 148 cm³/mol. The fraction of sp³-hybridized carbons (Fsp3) is 0.700. The summed E-state index contributed by atoms with van der Waals surface area (Å²) in [6.45, 7) is 13.0. The van der Waals surface area contributed by atoms with Crippen LogP contribution >= 0.6 is 0 Å². The molecule has 8 heteroatoms. The summed E-state index contributed by atoms with van der Waals surface area (Å²) in [5.41, 5.74) is 0.332. The van der Waals surface area contributed by atoms with Crippen LogP contribution in [0.3, 0.4) is 0 Å². The van der Waals surface area contributed by atoms with Crippen LogP contribution in [0.5, 0.6) is 5.75 Å². The normalized spacial score (nSPS) is 22.1. The van der Waals surface area contributed by atoms with Gasteiger partial charge in [-0.25, -0.2) is 4.79 Å². The molecule has 2 aliphatic carbocycles. The van der Waals surface area contributed by atoms with Crippen molar-refractivity contribution in [3.05, 3.63) is 29.3 Å². The van der Waals surface area contributed by atoms with E-state index in [9.17, 15) is 19.5 Å². The molecule has 0 spiro atoms. The van der Waals surface area contributed by atoms with Crippen molar-refractivity contribution in [1.82, 2.24) is 15.5 Å². The number of para-hydroxylation sites is 1. The van der Waals surface area contributed by atoms with Crippen LogP contribution in [0.15, 0.2) is 18.2 Å². The number of amides is 3. The molecule has 0 radical (unpaired) electrons. The lowest BCUT2D eigenvalue weighted by molar-refractivity contribution is -0.144. The van der Waals surface area contributed by atoms with E-state index in [1.54, 1.807) is 50.8 Å². The molecule has 5 atom stereocenters. The zero-order valence-electron chi connectivity index (χ0n) is 24.2. The van der Waals surface area contributed by atoms with Crippen molar-refractivity contribution >= 4 is 17.9 Å². The van der Waals surface area contributed by atoms with Crippen LogP contribution in [-0.2, 0) is 14.3 Å². The fourth-order valence-electron chi connectivity index (χ4n) is 5.30. The van der Waals surface area contributed by atoms with Crippen LogP contribution in [0.1, 0.15) is 104 Å². The van der Waals surface area contributed by atoms with Gasteiger partial charge in [0.1, 0.15) is 23.4 Å². The van der Waals surface area contributed by atoms with E-state index in [-0.39, 0.29) is 41.5 Å². The van der Waals surface area contributed by atoms with Crippen molar-refractivity contribution in [2.45, 2.75) is 123 Å². The topological polar surface area (TPSA) is 108 Å². The van der Waals surface area contributed by atoms with Crippen LogP contribution in [0.4, 0.5) is 4.79 Å². The molecule has 3 rings (SSSR count). The van der Waals surface area contributed by atoms with Gasteiger partial charge in [0.25, 0.3) is 0 Å². The van der Waals surface area contributed by atoms with Gasteiger partial charge < -0.3 is 25.4 Å². The molecule has 5 unspecified atom stereocenters. The number of benzene rings is 1. The second-order valence-corrected chi connectivity index (χ2v) is 12.3. The number of hydrogen-bond donors (Lipinski definition) is 3. The van der Waals surface area contributed by atoms with Gasteiger partial charge in [-0.15, -0.1) is 0 Å². The maximum atomic E-state index is 14.4. The largest absolute Gasteiger partial charge is 0.507 e. The average molecular weight is 530 g/mol. The molecule has 3 N–H and O–H groups in total. The fourth-order valence-corrected chi connectivity index (χ4v) is 5.30. The molecule has 0 aliphatic heterocycles. The summed E-state index contributed by atoms with van der Waals surface area (Å²) in [5, 5.41) is 17.1. The molecule has 0 aromatic heterocycles. The van der Waals surface area contributed by atoms with E-state index in [1.165, 1.54) is 0 Å². The Morgan fingerprint density at radius 1 is 1.16 bits per heavy atom. The molecule has 0 heterocycles. The number of rotatable bonds is 9. The summed E-state index contributed by atoms with van der Waals surface area (Å²) in [6.07, 6.45) is 5.82. The minimum atomic E-state index is -1.01. The smallest absolute Gasteiger partial charge is 0.408 e. The first-order valence-corrected chi connectivity index (χ1v) is 14.2. The Labute approximate surface area is 227 Å². The van der Waals surface area contributed by atoms with Gasteiger partial charge in [-0.3, -0.25) is 9.59 Å². The van der Waals surface area contributed by atoms with Crippen LogP contribution in [-0.4, -0.2) is 51.6 Å². The number of aromatic hydroxyl groups is 1. The molecule has 8 nitrogen and oxygen atoms in total. The Balaban J connectivity index is 2.03. The third kappa shape index (κ3) is 7.41. The van der Waals surface area contributed by atoms with Crippen LogP contribution in [0.25, 0.3) is 0 Å². The number of hydrogen-bond acceptors (Lipinski definition) is 5. The van der Waals surface area contributed by atoms with Gasteiger partial charge >= 0.3 is 6.09 Å². The van der Waals surface area contributed by atoms with Crippen molar-refractivity contribution in [3.8, 4) is 5.75 Å². The highest BCUT2D eigenvalue weighted by molar-refractivity contribution is 5.93. The third-order valence-corrected chi connectivity index (χ3v) is 7.87. The monoisotopic (exact) mass is 529 g/mol. The minimum absolute atomic E-state index is 0.0163. The highest BCUT2D eigenvalue weighted by Crippen LogP contribution is 2.43. The minimum Gasteiger partial charge on any atom is -0.507 e. The van der Waals surface area contributed by atoms with E-state index in [2.05, 4.69) is 17.6 Å². The molecular weight excluding hydrogens is 482 g/mol. The molecule has 3 amide bonds. The predicted octanol–water partition coefficient (Wildman–Crippen LogP) is 5.37. The second-order valence-electron chi connectivity index (χ2n) is 12.3. The zero-order valence-corrected chi connectivity index (χ0v) is 24.2. The van der Waals surface area contributed by atoms with Crippen molar-refractivity contribution < 1.29 is 24.2 Å². The summed E-state index contributed by atoms with van der Waals surface area (Å²) < 4.78 is 5.48. The summed E-state index contributed by atoms with van der Waals surface area (Å²) in [7, 11) is 0. The zero-order chi connectivity index (χ0) is 28.2. The first-order valence-electron chi connectivity index (χ1n) is 14.2. The number of nitrogens with one attached hydrogen (secondary N) is 2. The summed E-state index contributed by atoms with van der Waals surface area (Å²) in [4.78, 5) is 42.8. The molecule has 0 saturated heterocycles. The standard InChI is InChI=1S/C30H47N3O5/c1-8-18(2)24(32-29(37)38-30(5,6)7)28(36)33(23-17-20(23)4)25(22-16-12-13-19(3)26(22)34)27(35)31-21-14-10-9-11-15-21/h12-13,16,18,20-21,23-25,34H,8-11,14-15,17H2,1-7H3,(H,31,35)(H,32,37). The Morgan fingerprint density at radius 3 is 2.34 bits per heavy atom. The number of aryl methyl sites for hydroxylation is 1. The highest BCUT2D eigenvalue weighted by atomic mass is 16.6. The number of nitrogens with zero attached hydrogens (tertiary/aromatic N) is 1. The Bertz CT molecular complexity index is 998. The van der Waals surface area contributed by atoms with E-state index < -0.39 is 23.8 Å². The van der Waals surface area contributed by atoms with Gasteiger partial charge in [-0.05, 0) is 64.4 Å². The van der Waals surface area contributed by atoms with Crippen LogP contribution < -0.4 is 10.6 Å². The van der Waals surface area contributed by atoms with Crippen LogP contribution in [0, 0.1) is 18.8 Å². The molecule has 1 aromatic carbocycles. The maximum Gasteiger partial charge on any atom is 0.408 e. The SMILES string of the molecule is CCC(C)C(NC(=O)OC(C)(C)C)C(=O)N(C(C(=O)NC1CCCCC1)c1cccc(C)c1O)C1CC1C. The molecule has 0 bridgehead atoms. The molecule has 2 fully saturated rings. The number of carbonyl (C=O) groups excluding carboxylic acids is 3. The van der Waals surface area contributed by atoms with Crippen molar-refractivity contribution in [1.29, 1.82) is 0 Å². The van der Waals surface area contributed by atoms with Gasteiger partial charge in [-0.1, -0.05) is 64.7 Å². The summed E-state index contributed by atoms with van der Waals surface area (Å²) in [6, 6.07) is 3.30. The van der Waals surface area contributed by atoms with Gasteiger partial charge in [0.15, 0.2) is 0 Å². The summed E-state index contributed by atoms with van der Waals surface area (Å²) >= 11 is 0. The third-order valence-electron chi connectivity index (χ3n) is 7.87. The Hall–Kier alpha value is -2.77. The Kier molecular flexibility index (Phi) is 9.71. The van der Waals surface area contributed by atoms with E-state index in [4.69, 9.17) is 4.74 Å². The van der Waals surface area contributed by atoms with Crippen molar-refractivity contribution in [2.75, 3.05) is 0 Å². The first kappa shape index (κ1) is 29.8.